The molecule has 0 heterocycles. The first-order valence-corrected chi connectivity index (χ1v) is 10.4. The van der Waals surface area contributed by atoms with Crippen LogP contribution in [0, 0.1) is 0 Å². The van der Waals surface area contributed by atoms with Crippen molar-refractivity contribution < 1.29 is 9.47 Å². The van der Waals surface area contributed by atoms with E-state index in [1.54, 1.807) is 0 Å². The Labute approximate surface area is 170 Å². The van der Waals surface area contributed by atoms with Gasteiger partial charge in [-0.1, -0.05) is 48.5 Å². The molecule has 2 rings (SSSR count). The van der Waals surface area contributed by atoms with Crippen LogP contribution in [-0.2, 0) is 22.6 Å². The number of hydrogen-bond donors (Lipinski definition) is 2. The van der Waals surface area contributed by atoms with Gasteiger partial charge < -0.3 is 20.1 Å². The van der Waals surface area contributed by atoms with E-state index in [0.29, 0.717) is 0 Å². The highest BCUT2D eigenvalue weighted by Crippen LogP contribution is 2.24. The highest BCUT2D eigenvalue weighted by atomic mass is 16.5. The molecule has 0 amide bonds. The van der Waals surface area contributed by atoms with Crippen molar-refractivity contribution in [3.63, 3.8) is 0 Å². The van der Waals surface area contributed by atoms with Crippen LogP contribution in [0.4, 0.5) is 0 Å². The van der Waals surface area contributed by atoms with Crippen LogP contribution in [0.25, 0.3) is 11.1 Å². The van der Waals surface area contributed by atoms with Crippen LogP contribution in [-0.4, -0.2) is 38.5 Å². The SMILES string of the molecule is CC(C)OCCNCc1ccc(-c2ccccc2)c(CNCCOC(C)C)c1. The minimum atomic E-state index is 0.274. The molecule has 2 aromatic carbocycles. The molecule has 154 valence electrons. The molecule has 0 bridgehead atoms. The summed E-state index contributed by atoms with van der Waals surface area (Å²) < 4.78 is 11.2. The normalized spacial score (nSPS) is 11.5. The average molecular weight is 385 g/mol. The maximum atomic E-state index is 5.63. The summed E-state index contributed by atoms with van der Waals surface area (Å²) in [5.41, 5.74) is 5.14. The molecule has 28 heavy (non-hydrogen) atoms. The van der Waals surface area contributed by atoms with Crippen LogP contribution >= 0.6 is 0 Å². The number of nitrogens with one attached hydrogen (secondary N) is 2. The first kappa shape index (κ1) is 22.6. The van der Waals surface area contributed by atoms with Crippen molar-refractivity contribution in [2.24, 2.45) is 0 Å². The molecule has 0 aliphatic heterocycles. The lowest BCUT2D eigenvalue weighted by Gasteiger charge is -2.15. The molecule has 0 radical (unpaired) electrons. The van der Waals surface area contributed by atoms with Crippen LogP contribution in [0.1, 0.15) is 38.8 Å². The first-order chi connectivity index (χ1) is 13.6. The Balaban J connectivity index is 1.98. The third kappa shape index (κ3) is 8.53. The zero-order valence-electron chi connectivity index (χ0n) is 17.8. The van der Waals surface area contributed by atoms with Crippen molar-refractivity contribution in [3.8, 4) is 11.1 Å². The summed E-state index contributed by atoms with van der Waals surface area (Å²) in [4.78, 5) is 0. The Kier molecular flexibility index (Phi) is 10.2. The summed E-state index contributed by atoms with van der Waals surface area (Å²) in [6.45, 7) is 13.1. The number of ether oxygens (including phenoxy) is 2. The number of hydrogen-bond acceptors (Lipinski definition) is 4. The van der Waals surface area contributed by atoms with Gasteiger partial charge in [0.15, 0.2) is 0 Å². The molecule has 4 heteroatoms. The molecule has 0 unspecified atom stereocenters. The summed E-state index contributed by atoms with van der Waals surface area (Å²) in [5, 5.41) is 6.98. The van der Waals surface area contributed by atoms with Gasteiger partial charge in [-0.2, -0.15) is 0 Å². The monoisotopic (exact) mass is 384 g/mol. The Morgan fingerprint density at radius 1 is 0.750 bits per heavy atom. The van der Waals surface area contributed by atoms with E-state index in [9.17, 15) is 0 Å². The summed E-state index contributed by atoms with van der Waals surface area (Å²) >= 11 is 0. The van der Waals surface area contributed by atoms with E-state index in [1.165, 1.54) is 22.3 Å². The Morgan fingerprint density at radius 2 is 1.36 bits per heavy atom. The third-order valence-corrected chi connectivity index (χ3v) is 4.36. The standard InChI is InChI=1S/C24H36N2O2/c1-19(2)27-14-12-25-17-21-10-11-24(22-8-6-5-7-9-22)23(16-21)18-26-13-15-28-20(3)4/h5-11,16,19-20,25-26H,12-15,17-18H2,1-4H3. The van der Waals surface area contributed by atoms with Crippen molar-refractivity contribution in [3.05, 3.63) is 59.7 Å². The van der Waals surface area contributed by atoms with E-state index in [4.69, 9.17) is 9.47 Å². The van der Waals surface area contributed by atoms with Crippen LogP contribution in [0.15, 0.2) is 48.5 Å². The van der Waals surface area contributed by atoms with Gasteiger partial charge in [0.2, 0.25) is 0 Å². The minimum Gasteiger partial charge on any atom is -0.377 e. The number of benzene rings is 2. The van der Waals surface area contributed by atoms with Crippen molar-refractivity contribution in [1.82, 2.24) is 10.6 Å². The highest BCUT2D eigenvalue weighted by Gasteiger charge is 2.07. The molecule has 2 aromatic rings. The molecule has 0 spiro atoms. The molecular weight excluding hydrogens is 348 g/mol. The maximum absolute atomic E-state index is 5.63. The fourth-order valence-corrected chi connectivity index (χ4v) is 2.99. The topological polar surface area (TPSA) is 42.5 Å². The van der Waals surface area contributed by atoms with Gasteiger partial charge in [0.1, 0.15) is 0 Å². The third-order valence-electron chi connectivity index (χ3n) is 4.36. The molecule has 0 aliphatic rings. The van der Waals surface area contributed by atoms with Crippen LogP contribution in [0.5, 0.6) is 0 Å². The lowest BCUT2D eigenvalue weighted by atomic mass is 9.97. The second-order valence-corrected chi connectivity index (χ2v) is 7.55. The van der Waals surface area contributed by atoms with Gasteiger partial charge in [-0.3, -0.25) is 0 Å². The average Bonchev–Trinajstić information content (AvgIpc) is 2.68. The van der Waals surface area contributed by atoms with Gasteiger partial charge in [-0.15, -0.1) is 0 Å². The van der Waals surface area contributed by atoms with E-state index < -0.39 is 0 Å². The van der Waals surface area contributed by atoms with Gasteiger partial charge in [0, 0.05) is 26.2 Å². The van der Waals surface area contributed by atoms with Gasteiger partial charge in [0.05, 0.1) is 25.4 Å². The smallest absolute Gasteiger partial charge is 0.0594 e. The van der Waals surface area contributed by atoms with Crippen molar-refractivity contribution in [2.75, 3.05) is 26.3 Å². The molecule has 0 fully saturated rings. The fraction of sp³-hybridized carbons (Fsp3) is 0.500. The largest absolute Gasteiger partial charge is 0.377 e. The minimum absolute atomic E-state index is 0.274. The van der Waals surface area contributed by atoms with Gasteiger partial charge in [-0.25, -0.2) is 0 Å². The predicted octanol–water partition coefficient (Wildman–Crippen LogP) is 4.38. The predicted molar refractivity (Wildman–Crippen MR) is 117 cm³/mol. The van der Waals surface area contributed by atoms with Gasteiger partial charge >= 0.3 is 0 Å². The van der Waals surface area contributed by atoms with Crippen LogP contribution in [0.3, 0.4) is 0 Å². The highest BCUT2D eigenvalue weighted by molar-refractivity contribution is 5.67. The van der Waals surface area contributed by atoms with Gasteiger partial charge in [-0.05, 0) is 49.9 Å². The summed E-state index contributed by atoms with van der Waals surface area (Å²) in [7, 11) is 0. The Hall–Kier alpha value is -1.72. The molecule has 4 nitrogen and oxygen atoms in total. The van der Waals surface area contributed by atoms with Crippen molar-refractivity contribution in [1.29, 1.82) is 0 Å². The molecule has 0 aromatic heterocycles. The molecule has 0 saturated carbocycles. The molecule has 2 N–H and O–H groups in total. The quantitative estimate of drug-likeness (QED) is 0.503. The van der Waals surface area contributed by atoms with Crippen LogP contribution in [0.2, 0.25) is 0 Å². The summed E-state index contributed by atoms with van der Waals surface area (Å²) in [6.07, 6.45) is 0.556. The molecule has 0 aliphatic carbocycles. The van der Waals surface area contributed by atoms with E-state index in [2.05, 4.69) is 86.9 Å². The molecule has 0 atom stereocenters. The second-order valence-electron chi connectivity index (χ2n) is 7.55. The fourth-order valence-electron chi connectivity index (χ4n) is 2.99. The van der Waals surface area contributed by atoms with Gasteiger partial charge in [0.25, 0.3) is 0 Å². The Bertz CT molecular complexity index is 672. The molecule has 0 saturated heterocycles. The first-order valence-electron chi connectivity index (χ1n) is 10.4. The number of rotatable bonds is 13. The summed E-state index contributed by atoms with van der Waals surface area (Å²) in [6, 6.07) is 17.3. The van der Waals surface area contributed by atoms with E-state index in [-0.39, 0.29) is 12.2 Å². The zero-order valence-corrected chi connectivity index (χ0v) is 17.8. The van der Waals surface area contributed by atoms with E-state index in [0.717, 1.165) is 39.4 Å². The van der Waals surface area contributed by atoms with E-state index in [1.807, 2.05) is 0 Å². The lowest BCUT2D eigenvalue weighted by Crippen LogP contribution is -2.22. The lowest BCUT2D eigenvalue weighted by molar-refractivity contribution is 0.0806. The van der Waals surface area contributed by atoms with Crippen molar-refractivity contribution >= 4 is 0 Å². The van der Waals surface area contributed by atoms with Crippen molar-refractivity contribution in [2.45, 2.75) is 53.0 Å². The maximum Gasteiger partial charge on any atom is 0.0594 e. The summed E-state index contributed by atoms with van der Waals surface area (Å²) in [5.74, 6) is 0. The van der Waals surface area contributed by atoms with Crippen LogP contribution < -0.4 is 10.6 Å². The second kappa shape index (κ2) is 12.7. The van der Waals surface area contributed by atoms with E-state index >= 15 is 0 Å². The molecular formula is C24H36N2O2. The Morgan fingerprint density at radius 3 is 1.96 bits per heavy atom. The zero-order chi connectivity index (χ0) is 20.2.